The van der Waals surface area contributed by atoms with E-state index in [0.717, 1.165) is 53.6 Å². The molecule has 7 nitrogen and oxygen atoms in total. The van der Waals surface area contributed by atoms with Gasteiger partial charge in [0.05, 0.1) is 0 Å². The molecular formula is C25H28N2O5. The molecule has 7 heteroatoms. The average molecular weight is 437 g/mol. The first kappa shape index (κ1) is 23.1. The number of fused-ring (bicyclic) bond motifs is 1. The fourth-order valence-corrected chi connectivity index (χ4v) is 4.07. The Morgan fingerprint density at radius 1 is 1.09 bits per heavy atom. The molecule has 1 saturated heterocycles. The Kier molecular flexibility index (Phi) is 7.65. The number of aryl methyl sites for hydroxylation is 1. The minimum Gasteiger partial charge on any atom is -0.483 e. The third-order valence-electron chi connectivity index (χ3n) is 5.62. The van der Waals surface area contributed by atoms with Gasteiger partial charge in [-0.3, -0.25) is 4.79 Å². The first-order chi connectivity index (χ1) is 15.4. The van der Waals surface area contributed by atoms with Gasteiger partial charge in [-0.2, -0.15) is 0 Å². The van der Waals surface area contributed by atoms with Gasteiger partial charge in [-0.25, -0.2) is 9.59 Å². The van der Waals surface area contributed by atoms with Gasteiger partial charge in [0.15, 0.2) is 0 Å². The number of amides is 2. The summed E-state index contributed by atoms with van der Waals surface area (Å²) in [6.07, 6.45) is 3.34. The predicted octanol–water partition coefficient (Wildman–Crippen LogP) is 4.51. The molecule has 0 aliphatic carbocycles. The second-order valence-corrected chi connectivity index (χ2v) is 7.92. The number of carboxylic acid groups (broad SMARTS) is 1. The normalized spacial score (nSPS) is 13.2. The van der Waals surface area contributed by atoms with Gasteiger partial charge in [0.1, 0.15) is 5.58 Å². The smallest absolute Gasteiger partial charge is 0.336 e. The molecule has 1 N–H and O–H groups in total. The Hall–Kier alpha value is -3.61. The molecule has 1 aromatic heterocycles. The van der Waals surface area contributed by atoms with Crippen molar-refractivity contribution in [3.05, 3.63) is 70.1 Å². The van der Waals surface area contributed by atoms with Crippen molar-refractivity contribution in [2.45, 2.75) is 32.7 Å². The average Bonchev–Trinajstić information content (AvgIpc) is 2.79. The Morgan fingerprint density at radius 2 is 1.78 bits per heavy atom. The van der Waals surface area contributed by atoms with Crippen LogP contribution < -0.4 is 5.63 Å². The van der Waals surface area contributed by atoms with Gasteiger partial charge in [0, 0.05) is 43.7 Å². The molecule has 1 fully saturated rings. The number of carbonyl (C=O) groups excluding carboxylic acids is 1. The monoisotopic (exact) mass is 436 g/mol. The maximum absolute atomic E-state index is 12.7. The van der Waals surface area contributed by atoms with E-state index >= 15 is 0 Å². The lowest BCUT2D eigenvalue weighted by molar-refractivity contribution is -0.122. The molecule has 0 unspecified atom stereocenters. The molecule has 168 valence electrons. The summed E-state index contributed by atoms with van der Waals surface area (Å²) in [6, 6.07) is 15.5. The molecule has 1 aliphatic heterocycles. The number of piperidine rings is 1. The predicted molar refractivity (Wildman–Crippen MR) is 124 cm³/mol. The van der Waals surface area contributed by atoms with E-state index in [2.05, 4.69) is 0 Å². The van der Waals surface area contributed by atoms with Gasteiger partial charge >= 0.3 is 11.7 Å². The highest BCUT2D eigenvalue weighted by Crippen LogP contribution is 2.30. The lowest BCUT2D eigenvalue weighted by Crippen LogP contribution is -2.43. The standard InChI is InChI=1S/C24H26N2O3.CH2O2/c1-17-8-4-5-9-19(17)21-15-23(27)29-22-14-18(10-11-20(21)22)16-25(2)24(28)26-12-6-3-7-13-26;2-1-3/h4-5,8-11,14-15H,3,6-7,12-13,16H2,1-2H3;1H,(H,2,3). The van der Waals surface area contributed by atoms with Gasteiger partial charge in [0.2, 0.25) is 0 Å². The second-order valence-electron chi connectivity index (χ2n) is 7.92. The van der Waals surface area contributed by atoms with Crippen LogP contribution in [-0.2, 0) is 11.3 Å². The molecular weight excluding hydrogens is 408 g/mol. The molecule has 0 atom stereocenters. The summed E-state index contributed by atoms with van der Waals surface area (Å²) in [5, 5.41) is 7.78. The summed E-state index contributed by atoms with van der Waals surface area (Å²) in [7, 11) is 1.82. The molecule has 2 heterocycles. The van der Waals surface area contributed by atoms with Gasteiger partial charge in [-0.15, -0.1) is 0 Å². The zero-order valence-corrected chi connectivity index (χ0v) is 18.4. The van der Waals surface area contributed by atoms with Crippen LogP contribution in [0.15, 0.2) is 57.7 Å². The number of carbonyl (C=O) groups is 2. The molecule has 0 bridgehead atoms. The summed E-state index contributed by atoms with van der Waals surface area (Å²) in [6.45, 7) is 3.92. The maximum atomic E-state index is 12.7. The van der Waals surface area contributed by atoms with Crippen molar-refractivity contribution < 1.29 is 19.1 Å². The van der Waals surface area contributed by atoms with E-state index in [0.29, 0.717) is 12.1 Å². The first-order valence-corrected chi connectivity index (χ1v) is 10.6. The summed E-state index contributed by atoms with van der Waals surface area (Å²) in [4.78, 5) is 36.9. The molecule has 1 aliphatic rings. The Labute approximate surface area is 186 Å². The van der Waals surface area contributed by atoms with E-state index in [1.165, 1.54) is 6.42 Å². The largest absolute Gasteiger partial charge is 0.483 e. The highest BCUT2D eigenvalue weighted by Gasteiger charge is 2.20. The van der Waals surface area contributed by atoms with Crippen molar-refractivity contribution >= 4 is 23.5 Å². The van der Waals surface area contributed by atoms with Gasteiger partial charge < -0.3 is 19.3 Å². The Balaban J connectivity index is 0.000000913. The number of rotatable bonds is 3. The van der Waals surface area contributed by atoms with E-state index < -0.39 is 0 Å². The van der Waals surface area contributed by atoms with Crippen molar-refractivity contribution in [1.82, 2.24) is 9.80 Å². The van der Waals surface area contributed by atoms with Gasteiger partial charge in [-0.1, -0.05) is 36.4 Å². The minimum absolute atomic E-state index is 0.0555. The van der Waals surface area contributed by atoms with Crippen LogP contribution in [0.4, 0.5) is 4.79 Å². The molecule has 3 aromatic rings. The van der Waals surface area contributed by atoms with Crippen molar-refractivity contribution in [1.29, 1.82) is 0 Å². The molecule has 4 rings (SSSR count). The van der Waals surface area contributed by atoms with Crippen LogP contribution in [0.5, 0.6) is 0 Å². The number of hydrogen-bond acceptors (Lipinski definition) is 4. The van der Waals surface area contributed by atoms with Crippen molar-refractivity contribution in [3.63, 3.8) is 0 Å². The van der Waals surface area contributed by atoms with E-state index in [1.807, 2.05) is 61.3 Å². The van der Waals surface area contributed by atoms with Crippen molar-refractivity contribution in [2.75, 3.05) is 20.1 Å². The summed E-state index contributed by atoms with van der Waals surface area (Å²) in [5.41, 5.74) is 4.12. The molecule has 2 amide bonds. The zero-order valence-electron chi connectivity index (χ0n) is 18.4. The molecule has 0 saturated carbocycles. The fourth-order valence-electron chi connectivity index (χ4n) is 4.07. The van der Waals surface area contributed by atoms with Crippen LogP contribution in [0.1, 0.15) is 30.4 Å². The van der Waals surface area contributed by atoms with Crippen molar-refractivity contribution in [3.8, 4) is 11.1 Å². The number of hydrogen-bond donors (Lipinski definition) is 1. The lowest BCUT2D eigenvalue weighted by atomic mass is 9.97. The Bertz CT molecular complexity index is 1150. The third-order valence-corrected chi connectivity index (χ3v) is 5.62. The van der Waals surface area contributed by atoms with E-state index in [9.17, 15) is 9.59 Å². The van der Waals surface area contributed by atoms with Crippen molar-refractivity contribution in [2.24, 2.45) is 0 Å². The quantitative estimate of drug-likeness (QED) is 0.482. The van der Waals surface area contributed by atoms with Crippen LogP contribution in [-0.4, -0.2) is 47.5 Å². The van der Waals surface area contributed by atoms with E-state index in [-0.39, 0.29) is 18.1 Å². The maximum Gasteiger partial charge on any atom is 0.336 e. The SMILES string of the molecule is Cc1ccccc1-c1cc(=O)oc2cc(CN(C)C(=O)N3CCCCC3)ccc12.O=CO. The van der Waals surface area contributed by atoms with Crippen LogP contribution >= 0.6 is 0 Å². The van der Waals surface area contributed by atoms with Crippen LogP contribution in [0.3, 0.4) is 0 Å². The molecule has 2 aromatic carbocycles. The van der Waals surface area contributed by atoms with Crippen LogP contribution in [0, 0.1) is 6.92 Å². The van der Waals surface area contributed by atoms with Crippen LogP contribution in [0.2, 0.25) is 0 Å². The highest BCUT2D eigenvalue weighted by atomic mass is 16.4. The van der Waals surface area contributed by atoms with Crippen LogP contribution in [0.25, 0.3) is 22.1 Å². The number of urea groups is 1. The molecule has 0 radical (unpaired) electrons. The second kappa shape index (κ2) is 10.6. The number of nitrogens with zero attached hydrogens (tertiary/aromatic N) is 2. The summed E-state index contributed by atoms with van der Waals surface area (Å²) < 4.78 is 5.49. The van der Waals surface area contributed by atoms with E-state index in [1.54, 1.807) is 11.0 Å². The molecule has 0 spiro atoms. The number of benzene rings is 2. The van der Waals surface area contributed by atoms with Gasteiger partial charge in [0.25, 0.3) is 6.47 Å². The van der Waals surface area contributed by atoms with E-state index in [4.69, 9.17) is 14.3 Å². The summed E-state index contributed by atoms with van der Waals surface area (Å²) in [5.74, 6) is 0. The summed E-state index contributed by atoms with van der Waals surface area (Å²) >= 11 is 0. The topological polar surface area (TPSA) is 91.1 Å². The zero-order chi connectivity index (χ0) is 23.1. The fraction of sp³-hybridized carbons (Fsp3) is 0.320. The van der Waals surface area contributed by atoms with Gasteiger partial charge in [-0.05, 0) is 48.9 Å². The highest BCUT2D eigenvalue weighted by molar-refractivity contribution is 5.94. The first-order valence-electron chi connectivity index (χ1n) is 10.6. The molecule has 32 heavy (non-hydrogen) atoms. The Morgan fingerprint density at radius 3 is 2.47 bits per heavy atom. The number of likely N-dealkylation sites (tertiary alicyclic amines) is 1. The third kappa shape index (κ3) is 5.35. The minimum atomic E-state index is -0.370. The lowest BCUT2D eigenvalue weighted by Gasteiger charge is -2.31.